The zero-order chi connectivity index (χ0) is 12.1. The first-order valence-corrected chi connectivity index (χ1v) is 4.90. The van der Waals surface area contributed by atoms with Gasteiger partial charge in [-0.25, -0.2) is 4.39 Å². The minimum atomic E-state index is -0.726. The summed E-state index contributed by atoms with van der Waals surface area (Å²) in [6, 6.07) is 4.50. The van der Waals surface area contributed by atoms with Gasteiger partial charge >= 0.3 is 0 Å². The van der Waals surface area contributed by atoms with E-state index in [0.717, 1.165) is 6.07 Å². The number of carbonyl (C=O) groups excluding carboxylic acids is 2. The molecule has 1 aromatic rings. The van der Waals surface area contributed by atoms with Crippen molar-refractivity contribution in [2.75, 3.05) is 0 Å². The molecule has 0 heterocycles. The number of carbonyl (C=O) groups is 2. The van der Waals surface area contributed by atoms with Crippen molar-refractivity contribution in [1.29, 1.82) is 0 Å². The summed E-state index contributed by atoms with van der Waals surface area (Å²) in [5, 5.41) is 2.43. The normalized spacial score (nSPS) is 11.9. The van der Waals surface area contributed by atoms with E-state index in [0.29, 0.717) is 6.42 Å². The number of hydrogen-bond acceptors (Lipinski definition) is 2. The van der Waals surface area contributed by atoms with E-state index in [-0.39, 0.29) is 5.56 Å². The van der Waals surface area contributed by atoms with E-state index in [4.69, 9.17) is 5.73 Å². The maximum Gasteiger partial charge on any atom is 0.252 e. The van der Waals surface area contributed by atoms with Crippen LogP contribution in [0.2, 0.25) is 0 Å². The Hall–Kier alpha value is -1.91. The van der Waals surface area contributed by atoms with Crippen molar-refractivity contribution in [3.63, 3.8) is 0 Å². The Morgan fingerprint density at radius 1 is 1.50 bits per heavy atom. The van der Waals surface area contributed by atoms with Gasteiger partial charge in [0.25, 0.3) is 5.91 Å². The van der Waals surface area contributed by atoms with Crippen LogP contribution in [-0.4, -0.2) is 17.9 Å². The molecule has 4 nitrogen and oxygen atoms in total. The Kier molecular flexibility index (Phi) is 3.99. The summed E-state index contributed by atoms with van der Waals surface area (Å²) in [4.78, 5) is 22.5. The maximum atomic E-state index is 12.8. The molecule has 1 aromatic carbocycles. The van der Waals surface area contributed by atoms with Gasteiger partial charge in [-0.05, 0) is 24.6 Å². The molecule has 5 heteroatoms. The number of benzene rings is 1. The third kappa shape index (κ3) is 3.05. The zero-order valence-corrected chi connectivity index (χ0v) is 8.87. The van der Waals surface area contributed by atoms with Crippen molar-refractivity contribution >= 4 is 11.8 Å². The third-order valence-electron chi connectivity index (χ3n) is 2.14. The number of halogens is 1. The minimum Gasteiger partial charge on any atom is -0.368 e. The fourth-order valence-electron chi connectivity index (χ4n) is 1.25. The van der Waals surface area contributed by atoms with Crippen LogP contribution < -0.4 is 11.1 Å². The summed E-state index contributed by atoms with van der Waals surface area (Å²) >= 11 is 0. The van der Waals surface area contributed by atoms with Crippen LogP contribution in [0.3, 0.4) is 0 Å². The van der Waals surface area contributed by atoms with Gasteiger partial charge in [-0.2, -0.15) is 0 Å². The van der Waals surface area contributed by atoms with Crippen molar-refractivity contribution in [2.24, 2.45) is 5.73 Å². The molecular formula is C11H13FN2O2. The third-order valence-corrected chi connectivity index (χ3v) is 2.14. The van der Waals surface area contributed by atoms with Gasteiger partial charge in [-0.15, -0.1) is 0 Å². The number of nitrogens with one attached hydrogen (secondary N) is 1. The second kappa shape index (κ2) is 5.25. The molecule has 0 saturated carbocycles. The Morgan fingerprint density at radius 3 is 2.69 bits per heavy atom. The first-order valence-electron chi connectivity index (χ1n) is 4.90. The van der Waals surface area contributed by atoms with Gasteiger partial charge in [-0.3, -0.25) is 9.59 Å². The van der Waals surface area contributed by atoms with Crippen LogP contribution in [0.15, 0.2) is 24.3 Å². The highest BCUT2D eigenvalue weighted by Crippen LogP contribution is 2.04. The molecule has 86 valence electrons. The lowest BCUT2D eigenvalue weighted by Gasteiger charge is -2.12. The highest BCUT2D eigenvalue weighted by molar-refractivity contribution is 5.97. The van der Waals surface area contributed by atoms with Gasteiger partial charge in [0.05, 0.1) is 0 Å². The average molecular weight is 224 g/mol. The first-order chi connectivity index (χ1) is 7.54. The lowest BCUT2D eigenvalue weighted by atomic mass is 10.1. The van der Waals surface area contributed by atoms with Crippen LogP contribution in [0.4, 0.5) is 4.39 Å². The summed E-state index contributed by atoms with van der Waals surface area (Å²) in [6.45, 7) is 1.72. The fraction of sp³-hybridized carbons (Fsp3) is 0.273. The summed E-state index contributed by atoms with van der Waals surface area (Å²) in [7, 11) is 0. The van der Waals surface area contributed by atoms with Crippen LogP contribution in [0.5, 0.6) is 0 Å². The molecule has 1 atom stereocenters. The molecule has 0 spiro atoms. The topological polar surface area (TPSA) is 72.2 Å². The number of amides is 2. The van der Waals surface area contributed by atoms with Gasteiger partial charge < -0.3 is 11.1 Å². The molecule has 0 radical (unpaired) electrons. The second-order valence-corrected chi connectivity index (χ2v) is 3.35. The van der Waals surface area contributed by atoms with Crippen molar-refractivity contribution in [3.05, 3.63) is 35.6 Å². The smallest absolute Gasteiger partial charge is 0.252 e. The number of hydrogen-bond donors (Lipinski definition) is 2. The molecule has 0 aliphatic heterocycles. The molecule has 2 amide bonds. The fourth-order valence-corrected chi connectivity index (χ4v) is 1.25. The molecule has 0 unspecified atom stereocenters. The summed E-state index contributed by atoms with van der Waals surface area (Å²) in [6.07, 6.45) is 0.399. The first kappa shape index (κ1) is 12.2. The lowest BCUT2D eigenvalue weighted by Crippen LogP contribution is -2.43. The Morgan fingerprint density at radius 2 is 2.19 bits per heavy atom. The van der Waals surface area contributed by atoms with Crippen LogP contribution in [0.1, 0.15) is 23.7 Å². The van der Waals surface area contributed by atoms with Gasteiger partial charge in [0.1, 0.15) is 11.9 Å². The van der Waals surface area contributed by atoms with Crippen molar-refractivity contribution in [2.45, 2.75) is 19.4 Å². The Labute approximate surface area is 92.6 Å². The van der Waals surface area contributed by atoms with Gasteiger partial charge in [0.2, 0.25) is 5.91 Å². The minimum absolute atomic E-state index is 0.166. The van der Waals surface area contributed by atoms with E-state index in [1.54, 1.807) is 6.92 Å². The lowest BCUT2D eigenvalue weighted by molar-refractivity contribution is -0.119. The zero-order valence-electron chi connectivity index (χ0n) is 8.87. The molecule has 0 aromatic heterocycles. The quantitative estimate of drug-likeness (QED) is 0.794. The van der Waals surface area contributed by atoms with E-state index in [1.807, 2.05) is 0 Å². The molecule has 0 aliphatic carbocycles. The Bertz CT molecular complexity index is 407. The number of rotatable bonds is 4. The van der Waals surface area contributed by atoms with E-state index in [1.165, 1.54) is 18.2 Å². The highest BCUT2D eigenvalue weighted by Gasteiger charge is 2.16. The molecule has 16 heavy (non-hydrogen) atoms. The van der Waals surface area contributed by atoms with E-state index in [2.05, 4.69) is 5.32 Å². The predicted octanol–water partition coefficient (Wildman–Crippen LogP) is 0.819. The summed E-state index contributed by atoms with van der Waals surface area (Å²) in [5.74, 6) is -1.61. The number of primary amides is 1. The van der Waals surface area contributed by atoms with Crippen LogP contribution in [0.25, 0.3) is 0 Å². The SMILES string of the molecule is CC[C@H](NC(=O)c1cccc(F)c1)C(N)=O. The monoisotopic (exact) mass is 224 g/mol. The van der Waals surface area contributed by atoms with Gasteiger partial charge in [0.15, 0.2) is 0 Å². The maximum absolute atomic E-state index is 12.8. The summed E-state index contributed by atoms with van der Waals surface area (Å²) in [5.41, 5.74) is 5.24. The standard InChI is InChI=1S/C11H13FN2O2/c1-2-9(10(13)15)14-11(16)7-4-3-5-8(12)6-7/h3-6,9H,2H2,1H3,(H2,13,15)(H,14,16)/t9-/m0/s1. The molecule has 0 saturated heterocycles. The molecule has 0 bridgehead atoms. The van der Waals surface area contributed by atoms with Gasteiger partial charge in [-0.1, -0.05) is 13.0 Å². The van der Waals surface area contributed by atoms with Gasteiger partial charge in [0, 0.05) is 5.56 Å². The second-order valence-electron chi connectivity index (χ2n) is 3.35. The molecule has 1 rings (SSSR count). The Balaban J connectivity index is 2.75. The van der Waals surface area contributed by atoms with Crippen molar-refractivity contribution < 1.29 is 14.0 Å². The largest absolute Gasteiger partial charge is 0.368 e. The average Bonchev–Trinajstić information content (AvgIpc) is 2.25. The van der Waals surface area contributed by atoms with Crippen molar-refractivity contribution in [1.82, 2.24) is 5.32 Å². The number of nitrogens with two attached hydrogens (primary N) is 1. The molecule has 0 aliphatic rings. The predicted molar refractivity (Wildman–Crippen MR) is 57.1 cm³/mol. The highest BCUT2D eigenvalue weighted by atomic mass is 19.1. The van der Waals surface area contributed by atoms with E-state index >= 15 is 0 Å². The summed E-state index contributed by atoms with van der Waals surface area (Å²) < 4.78 is 12.8. The molecule has 3 N–H and O–H groups in total. The van der Waals surface area contributed by atoms with E-state index < -0.39 is 23.7 Å². The van der Waals surface area contributed by atoms with Crippen LogP contribution in [-0.2, 0) is 4.79 Å². The van der Waals surface area contributed by atoms with Crippen LogP contribution >= 0.6 is 0 Å². The van der Waals surface area contributed by atoms with Crippen molar-refractivity contribution in [3.8, 4) is 0 Å². The van der Waals surface area contributed by atoms with E-state index in [9.17, 15) is 14.0 Å². The molecule has 0 fully saturated rings. The van der Waals surface area contributed by atoms with Crippen LogP contribution in [0, 0.1) is 5.82 Å². The molecular weight excluding hydrogens is 211 g/mol.